The molecule has 42 heteroatoms. The first-order valence-corrected chi connectivity index (χ1v) is 33.1. The summed E-state index contributed by atoms with van der Waals surface area (Å²) >= 11 is 2.50. The van der Waals surface area contributed by atoms with Crippen LogP contribution in [0.2, 0.25) is 0 Å². The van der Waals surface area contributed by atoms with Crippen molar-refractivity contribution in [3.63, 3.8) is 0 Å². The quantitative estimate of drug-likeness (QED) is 0.0185. The number of nitrogens with two attached hydrogens (primary N) is 6. The Morgan fingerprint density at radius 2 is 1.44 bits per heavy atom. The van der Waals surface area contributed by atoms with Gasteiger partial charge in [0, 0.05) is 48.8 Å². The van der Waals surface area contributed by atoms with Crippen molar-refractivity contribution in [2.24, 2.45) is 34.6 Å². The Morgan fingerprint density at radius 3 is 2.09 bits per heavy atom. The topological polar surface area (TPSA) is 665 Å². The fraction of sp³-hybridized carbons (Fsp3) is 0.632. The molecule has 0 saturated carbocycles. The molecule has 99 heavy (non-hydrogen) atoms. The van der Waals surface area contributed by atoms with Crippen LogP contribution in [0.1, 0.15) is 102 Å². The summed E-state index contributed by atoms with van der Waals surface area (Å²) in [6, 6.07) is -7.87. The fourth-order valence-electron chi connectivity index (χ4n) is 10.2. The van der Waals surface area contributed by atoms with Gasteiger partial charge in [-0.05, 0) is 59.7 Å². The lowest BCUT2D eigenvalue weighted by molar-refractivity contribution is -0.372. The molecule has 6 heterocycles. The van der Waals surface area contributed by atoms with Gasteiger partial charge in [0.05, 0.1) is 72.7 Å². The summed E-state index contributed by atoms with van der Waals surface area (Å²) in [5, 5.41) is 111. The summed E-state index contributed by atoms with van der Waals surface area (Å²) in [7, 11) is 0. The lowest BCUT2D eigenvalue weighted by atomic mass is 9.96. The SMILES string of the molecule is Cc1c(N)nc(C(CC(N)=O)NCC(N)C(N)=O)nc1C(=O)NC(C(=O)NC(C)C(O)C(C)C(=O)N[C@@H](C(=O)NCCc1nc(-c2nc(C(=O)NCCCNCCCCN)cs2)cs1)C(C)O)C(OC1OC(CO)C(O)C(O)C1O[C@@H]1OC(CO)C(O)C(OC(N)=O)C1O)c1cnc[nH]1. The minimum atomic E-state index is -2.20. The van der Waals surface area contributed by atoms with E-state index in [1.54, 1.807) is 10.8 Å². The minimum absolute atomic E-state index is 0.0140. The largest absolute Gasteiger partial charge is 0.441 e. The summed E-state index contributed by atoms with van der Waals surface area (Å²) in [5.41, 5.74) is 33.6. The zero-order valence-corrected chi connectivity index (χ0v) is 56.0. The Balaban J connectivity index is 1.23. The number of aliphatic hydroxyl groups is 8. The molecule has 19 atom stereocenters. The number of ether oxygens (including phenoxy) is 5. The Bertz CT molecular complexity index is 3320. The molecule has 28 N–H and O–H groups in total. The van der Waals surface area contributed by atoms with Crippen LogP contribution in [-0.2, 0) is 54.1 Å². The lowest BCUT2D eigenvalue weighted by Crippen LogP contribution is -2.65. The van der Waals surface area contributed by atoms with E-state index in [9.17, 15) is 74.4 Å². The molecule has 4 aromatic heterocycles. The van der Waals surface area contributed by atoms with Gasteiger partial charge in [0.25, 0.3) is 11.8 Å². The number of carbonyl (C=O) groups is 8. The van der Waals surface area contributed by atoms with Crippen LogP contribution in [0.3, 0.4) is 0 Å². The molecule has 2 aliphatic rings. The van der Waals surface area contributed by atoms with Crippen LogP contribution < -0.4 is 71.6 Å². The van der Waals surface area contributed by atoms with Gasteiger partial charge in [-0.15, -0.1) is 22.7 Å². The molecule has 0 radical (unpaired) electrons. The first-order chi connectivity index (χ1) is 47.0. The maximum Gasteiger partial charge on any atom is 0.404 e. The zero-order chi connectivity index (χ0) is 72.9. The van der Waals surface area contributed by atoms with Crippen LogP contribution in [0.15, 0.2) is 23.3 Å². The summed E-state index contributed by atoms with van der Waals surface area (Å²) in [6.07, 6.45) is -22.5. The Morgan fingerprint density at radius 1 is 0.747 bits per heavy atom. The van der Waals surface area contributed by atoms with Gasteiger partial charge < -0.3 is 141 Å². The highest BCUT2D eigenvalue weighted by Gasteiger charge is 2.54. The molecule has 4 aromatic rings. The van der Waals surface area contributed by atoms with Crippen molar-refractivity contribution in [3.8, 4) is 10.7 Å². The second-order valence-electron chi connectivity index (χ2n) is 23.4. The molecule has 40 nitrogen and oxygen atoms in total. The van der Waals surface area contributed by atoms with E-state index in [0.717, 1.165) is 44.9 Å². The van der Waals surface area contributed by atoms with Gasteiger partial charge in [0.15, 0.2) is 18.7 Å². The molecule has 0 aliphatic carbocycles. The van der Waals surface area contributed by atoms with Crippen molar-refractivity contribution in [3.05, 3.63) is 56.8 Å². The number of anilines is 1. The highest BCUT2D eigenvalue weighted by molar-refractivity contribution is 7.14. The normalized spacial score (nSPS) is 23.6. The molecule has 8 amide bonds. The molecule has 0 aromatic carbocycles. The van der Waals surface area contributed by atoms with Crippen LogP contribution in [0.4, 0.5) is 10.6 Å². The number of aromatic amines is 1. The third-order valence-corrected chi connectivity index (χ3v) is 17.7. The van der Waals surface area contributed by atoms with Gasteiger partial charge in [0.1, 0.15) is 94.6 Å². The maximum absolute atomic E-state index is 15.2. The summed E-state index contributed by atoms with van der Waals surface area (Å²) in [4.78, 5) is 131. The van der Waals surface area contributed by atoms with Crippen molar-refractivity contribution in [1.29, 1.82) is 0 Å². The Hall–Kier alpha value is -7.73. The molecule has 2 fully saturated rings. The molecule has 6 rings (SSSR count). The Kier molecular flexibility index (Phi) is 30.9. The molecule has 2 saturated heterocycles. The molecule has 0 bridgehead atoms. The number of nitrogens with one attached hydrogen (secondary N) is 8. The number of hydrogen-bond donors (Lipinski definition) is 22. The second kappa shape index (κ2) is 38.2. The van der Waals surface area contributed by atoms with E-state index in [2.05, 4.69) is 67.1 Å². The number of aliphatic hydroxyl groups excluding tert-OH is 8. The van der Waals surface area contributed by atoms with E-state index in [0.29, 0.717) is 28.8 Å². The standard InChI is InChI=1S/C57H89N19O21S2/c1-22-35(73-48(76-46(22)61)27(14-33(60)80)68-15-26(59)47(62)86)52(90)75-37(43(28-16-65-21-69-28)95-56-45(41(84)39(82)31(17-77)94-56)96-55-42(85)44(97-57(63)92)40(83)32(18-78)93-55)53(91)70-24(3)38(81)23(2)49(87)74-36(25(4)79)51(89)67-13-8-34-71-30(20-98-34)54-72-29(19-99-54)50(88)66-12-7-11-64-10-6-5-9-58/h16,19-21,23-27,31-32,36-45,55-56,64,68,77-79,81-85H,5-15,17-18,58-59H2,1-4H3,(H2,60,80)(H2,62,86)(H2,63,92)(H,65,69)(H,66,88)(H,67,89)(H,70,91)(H,74,87)(H,75,90)(H2,61,73,76)/t23?,24?,25?,26?,27?,31?,32?,36-,37?,38?,39?,40?,41?,42?,43?,44?,45?,55+,56?/m1/s1. The lowest BCUT2D eigenvalue weighted by Gasteiger charge is -2.47. The van der Waals surface area contributed by atoms with Crippen molar-refractivity contribution < 1.29 is 103 Å². The van der Waals surface area contributed by atoms with E-state index >= 15 is 4.79 Å². The number of unbranched alkanes of at least 4 members (excludes halogenated alkanes) is 1. The number of hydrogen-bond acceptors (Lipinski definition) is 33. The number of primary amides is 3. The van der Waals surface area contributed by atoms with E-state index in [4.69, 9.17) is 58.1 Å². The predicted molar refractivity (Wildman–Crippen MR) is 346 cm³/mol. The van der Waals surface area contributed by atoms with Gasteiger partial charge in [-0.2, -0.15) is 0 Å². The number of amides is 8. The zero-order valence-electron chi connectivity index (χ0n) is 54.4. The van der Waals surface area contributed by atoms with Gasteiger partial charge >= 0.3 is 6.09 Å². The highest BCUT2D eigenvalue weighted by Crippen LogP contribution is 2.35. The first kappa shape index (κ1) is 80.2. The number of rotatable bonds is 39. The number of nitrogen functional groups attached to an aromatic ring is 1. The first-order valence-electron chi connectivity index (χ1n) is 31.4. The van der Waals surface area contributed by atoms with Crippen molar-refractivity contribution in [2.45, 2.75) is 170 Å². The monoisotopic (exact) mass is 1440 g/mol. The number of imidazole rings is 1. The van der Waals surface area contributed by atoms with Crippen molar-refractivity contribution in [1.82, 2.24) is 67.1 Å². The van der Waals surface area contributed by atoms with E-state index < -0.39 is 183 Å². The van der Waals surface area contributed by atoms with E-state index in [1.807, 2.05) is 0 Å². The van der Waals surface area contributed by atoms with Gasteiger partial charge in [-0.3, -0.25) is 33.6 Å². The van der Waals surface area contributed by atoms with Gasteiger partial charge in [-0.25, -0.2) is 29.7 Å². The number of nitrogens with zero attached hydrogens (tertiary/aromatic N) is 5. The molecular weight excluding hydrogens is 1350 g/mol. The average molecular weight is 1440 g/mol. The fourth-order valence-corrected chi connectivity index (χ4v) is 11.8. The average Bonchev–Trinajstić information content (AvgIpc) is 1.07. The van der Waals surface area contributed by atoms with Crippen LogP contribution >= 0.6 is 22.7 Å². The number of aromatic nitrogens is 6. The van der Waals surface area contributed by atoms with Crippen LogP contribution in [0, 0.1) is 12.8 Å². The third-order valence-electron chi connectivity index (χ3n) is 15.9. The maximum atomic E-state index is 15.2. The summed E-state index contributed by atoms with van der Waals surface area (Å²) in [5.74, 6) is -8.74. The van der Waals surface area contributed by atoms with Crippen molar-refractivity contribution in [2.75, 3.05) is 58.2 Å². The smallest absolute Gasteiger partial charge is 0.404 e. The molecule has 2 aliphatic heterocycles. The summed E-state index contributed by atoms with van der Waals surface area (Å²) in [6.45, 7) is 5.29. The highest BCUT2D eigenvalue weighted by atomic mass is 32.1. The predicted octanol–water partition coefficient (Wildman–Crippen LogP) is -8.25. The number of H-pyrrole nitrogens is 1. The minimum Gasteiger partial charge on any atom is -0.441 e. The molecule has 0 spiro atoms. The van der Waals surface area contributed by atoms with E-state index in [-0.39, 0.29) is 54.0 Å². The number of thiazole rings is 2. The van der Waals surface area contributed by atoms with E-state index in [1.165, 1.54) is 50.4 Å². The molecule has 550 valence electrons. The van der Waals surface area contributed by atoms with Crippen LogP contribution in [0.25, 0.3) is 10.7 Å². The third kappa shape index (κ3) is 22.1. The van der Waals surface area contributed by atoms with Gasteiger partial charge in [0.2, 0.25) is 29.5 Å². The molecule has 17 unspecified atom stereocenters. The van der Waals surface area contributed by atoms with Crippen molar-refractivity contribution >= 4 is 75.9 Å². The second-order valence-corrected chi connectivity index (χ2v) is 25.2. The van der Waals surface area contributed by atoms with Crippen LogP contribution in [-0.4, -0.2) is 268 Å². The molecular formula is C57H89N19O21S2. The Labute approximate surface area is 573 Å². The summed E-state index contributed by atoms with van der Waals surface area (Å²) < 4.78 is 28.7. The van der Waals surface area contributed by atoms with Gasteiger partial charge in [-0.1, -0.05) is 6.92 Å². The van der Waals surface area contributed by atoms with Crippen LogP contribution in [0.5, 0.6) is 0 Å². The number of carbonyl (C=O) groups excluding carboxylic acids is 8.